The quantitative estimate of drug-likeness (QED) is 0.186. The summed E-state index contributed by atoms with van der Waals surface area (Å²) in [5.41, 5.74) is -0.0753. The molecule has 1 fully saturated rings. The second kappa shape index (κ2) is 10.3. The molecule has 0 spiro atoms. The van der Waals surface area contributed by atoms with Crippen LogP contribution in [0.5, 0.6) is 0 Å². The molecule has 0 aromatic heterocycles. The minimum atomic E-state index is -4.00. The van der Waals surface area contributed by atoms with Crippen LogP contribution in [0.25, 0.3) is 0 Å². The van der Waals surface area contributed by atoms with Crippen molar-refractivity contribution in [3.05, 3.63) is 28.3 Å². The van der Waals surface area contributed by atoms with Crippen LogP contribution in [-0.2, 0) is 24.3 Å². The van der Waals surface area contributed by atoms with E-state index in [1.165, 1.54) is 16.4 Å². The summed E-state index contributed by atoms with van der Waals surface area (Å²) in [5.74, 6) is 0. The lowest BCUT2D eigenvalue weighted by Crippen LogP contribution is -2.47. The van der Waals surface area contributed by atoms with E-state index in [-0.39, 0.29) is 42.5 Å². The highest BCUT2D eigenvalue weighted by Crippen LogP contribution is 2.32. The molecule has 0 N–H and O–H groups in total. The topological polar surface area (TPSA) is 130 Å². The van der Waals surface area contributed by atoms with Crippen LogP contribution in [0.2, 0.25) is 0 Å². The van der Waals surface area contributed by atoms with Crippen LogP contribution in [0.4, 0.5) is 11.4 Å². The fraction of sp³-hybridized carbons (Fsp3) is 0.625. The molecule has 11 nitrogen and oxygen atoms in total. The van der Waals surface area contributed by atoms with Gasteiger partial charge in [0.05, 0.1) is 23.5 Å². The largest absolute Gasteiger partial charge is 0.367 e. The first-order valence-electron chi connectivity index (χ1n) is 9.08. The molecule has 0 atom stereocenters. The van der Waals surface area contributed by atoms with Gasteiger partial charge in [-0.25, -0.2) is 8.42 Å². The molecule has 1 saturated heterocycles. The van der Waals surface area contributed by atoms with Gasteiger partial charge >= 0.3 is 0 Å². The number of sulfonamides is 1. The van der Waals surface area contributed by atoms with Gasteiger partial charge in [-0.3, -0.25) is 14.3 Å². The van der Waals surface area contributed by atoms with E-state index in [1.807, 2.05) is 11.9 Å². The zero-order valence-electron chi connectivity index (χ0n) is 16.7. The molecular formula is C16H25BrN4O7S2. The molecule has 1 aromatic carbocycles. The number of anilines is 1. The highest BCUT2D eigenvalue weighted by molar-refractivity contribution is 9.09. The van der Waals surface area contributed by atoms with Crippen LogP contribution in [0.15, 0.2) is 23.1 Å². The number of nitrogens with zero attached hydrogens (tertiary/aromatic N) is 4. The fourth-order valence-corrected chi connectivity index (χ4v) is 5.46. The molecule has 170 valence electrons. The number of likely N-dealkylation sites (N-methyl/N-ethyl adjacent to an activating group) is 1. The van der Waals surface area contributed by atoms with Crippen molar-refractivity contribution in [2.45, 2.75) is 4.90 Å². The summed E-state index contributed by atoms with van der Waals surface area (Å²) in [6, 6.07) is 3.67. The lowest BCUT2D eigenvalue weighted by atomic mass is 10.2. The smallest absolute Gasteiger partial charge is 0.270 e. The molecule has 2 rings (SSSR count). The predicted octanol–water partition coefficient (Wildman–Crippen LogP) is 0.708. The van der Waals surface area contributed by atoms with Crippen molar-refractivity contribution >= 4 is 47.4 Å². The number of hydrogen-bond acceptors (Lipinski definition) is 9. The van der Waals surface area contributed by atoms with Gasteiger partial charge in [-0.15, -0.1) is 0 Å². The van der Waals surface area contributed by atoms with Gasteiger partial charge in [0.1, 0.15) is 4.90 Å². The number of hydrogen-bond donors (Lipinski definition) is 0. The summed E-state index contributed by atoms with van der Waals surface area (Å²) in [6.45, 7) is 1.90. The first-order chi connectivity index (χ1) is 14.0. The molecule has 0 unspecified atom stereocenters. The van der Waals surface area contributed by atoms with Crippen molar-refractivity contribution in [3.63, 3.8) is 0 Å². The Hall–Kier alpha value is -1.32. The molecule has 1 aliphatic rings. The number of non-ortho nitro benzene ring substituents is 1. The Bertz CT molecular complexity index is 964. The fourth-order valence-electron chi connectivity index (χ4n) is 3.01. The van der Waals surface area contributed by atoms with E-state index in [0.29, 0.717) is 25.0 Å². The van der Waals surface area contributed by atoms with E-state index in [4.69, 9.17) is 4.18 Å². The van der Waals surface area contributed by atoms with Gasteiger partial charge in [0, 0.05) is 56.7 Å². The third-order valence-corrected chi connectivity index (χ3v) is 7.47. The average molecular weight is 529 g/mol. The predicted molar refractivity (Wildman–Crippen MR) is 116 cm³/mol. The Morgan fingerprint density at radius 1 is 1.17 bits per heavy atom. The summed E-state index contributed by atoms with van der Waals surface area (Å²) < 4.78 is 55.3. The third-order valence-electron chi connectivity index (χ3n) is 4.59. The maximum atomic E-state index is 13.4. The van der Waals surface area contributed by atoms with Gasteiger partial charge in [-0.2, -0.15) is 12.7 Å². The lowest BCUT2D eigenvalue weighted by Gasteiger charge is -2.33. The number of benzene rings is 1. The number of rotatable bonds is 10. The van der Waals surface area contributed by atoms with Gasteiger partial charge in [0.25, 0.3) is 15.8 Å². The second-order valence-corrected chi connectivity index (χ2v) is 11.2. The molecule has 14 heteroatoms. The molecule has 1 heterocycles. The number of nitro groups is 1. The van der Waals surface area contributed by atoms with E-state index in [2.05, 4.69) is 15.9 Å². The first-order valence-corrected chi connectivity index (χ1v) is 13.5. The minimum Gasteiger partial charge on any atom is -0.367 e. The molecule has 0 radical (unpaired) electrons. The van der Waals surface area contributed by atoms with E-state index >= 15 is 0 Å². The van der Waals surface area contributed by atoms with Crippen LogP contribution < -0.4 is 4.90 Å². The Labute approximate surface area is 185 Å². The third kappa shape index (κ3) is 6.59. The van der Waals surface area contributed by atoms with Crippen molar-refractivity contribution in [1.29, 1.82) is 0 Å². The SMILES string of the molecule is CN1CCN(S(=O)(=O)c2cc([N+](=O)[O-])ccc2N(CCBr)CCOS(C)(=O)=O)CC1. The number of piperazine rings is 1. The normalized spacial score (nSPS) is 16.5. The van der Waals surface area contributed by atoms with Gasteiger partial charge in [0.15, 0.2) is 0 Å². The summed E-state index contributed by atoms with van der Waals surface area (Å²) in [6.07, 6.45) is 0.928. The van der Waals surface area contributed by atoms with Crippen LogP contribution >= 0.6 is 15.9 Å². The molecule has 30 heavy (non-hydrogen) atoms. The number of halogens is 1. The van der Waals surface area contributed by atoms with Gasteiger partial charge in [-0.05, 0) is 13.1 Å². The monoisotopic (exact) mass is 528 g/mol. The summed E-state index contributed by atoms with van der Waals surface area (Å²) in [7, 11) is -5.77. The van der Waals surface area contributed by atoms with Crippen molar-refractivity contribution in [2.24, 2.45) is 0 Å². The first kappa shape index (κ1) is 24.9. The average Bonchev–Trinajstić information content (AvgIpc) is 2.66. The lowest BCUT2D eigenvalue weighted by molar-refractivity contribution is -0.385. The molecule has 1 aliphatic heterocycles. The zero-order chi connectivity index (χ0) is 22.5. The second-order valence-electron chi connectivity index (χ2n) is 6.82. The molecule has 0 saturated carbocycles. The Balaban J connectivity index is 2.45. The number of nitro benzene ring substituents is 1. The van der Waals surface area contributed by atoms with Crippen molar-refractivity contribution in [2.75, 3.05) is 69.4 Å². The molecule has 1 aromatic rings. The Morgan fingerprint density at radius 2 is 1.80 bits per heavy atom. The maximum Gasteiger partial charge on any atom is 0.270 e. The Kier molecular flexibility index (Phi) is 8.59. The van der Waals surface area contributed by atoms with E-state index < -0.39 is 25.1 Å². The van der Waals surface area contributed by atoms with E-state index in [9.17, 15) is 26.9 Å². The standard InChI is InChI=1S/C16H25BrN4O7S2/c1-18-7-9-20(10-8-18)30(26,27)16-13-14(21(22)23)3-4-15(16)19(6-5-17)11-12-28-29(2,24)25/h3-4,13H,5-12H2,1-2H3. The molecule has 0 bridgehead atoms. The molecule has 0 amide bonds. The van der Waals surface area contributed by atoms with Crippen molar-refractivity contribution in [1.82, 2.24) is 9.21 Å². The van der Waals surface area contributed by atoms with Crippen LogP contribution in [-0.4, -0.2) is 95.5 Å². The van der Waals surface area contributed by atoms with Crippen LogP contribution in [0.1, 0.15) is 0 Å². The summed E-state index contributed by atoms with van der Waals surface area (Å²) in [4.78, 5) is 14.1. The van der Waals surface area contributed by atoms with Gasteiger partial charge in [-0.1, -0.05) is 15.9 Å². The van der Waals surface area contributed by atoms with Crippen LogP contribution in [0.3, 0.4) is 0 Å². The molecular weight excluding hydrogens is 504 g/mol. The molecule has 0 aliphatic carbocycles. The highest BCUT2D eigenvalue weighted by Gasteiger charge is 2.32. The summed E-state index contributed by atoms with van der Waals surface area (Å²) >= 11 is 3.30. The number of alkyl halides is 1. The van der Waals surface area contributed by atoms with Gasteiger partial charge in [0.2, 0.25) is 10.0 Å². The maximum absolute atomic E-state index is 13.4. The van der Waals surface area contributed by atoms with Crippen LogP contribution in [0, 0.1) is 10.1 Å². The minimum absolute atomic E-state index is 0.0851. The summed E-state index contributed by atoms with van der Waals surface area (Å²) in [5, 5.41) is 11.7. The van der Waals surface area contributed by atoms with E-state index in [1.54, 1.807) is 4.90 Å². The van der Waals surface area contributed by atoms with Gasteiger partial charge < -0.3 is 9.80 Å². The van der Waals surface area contributed by atoms with Crippen molar-refractivity contribution in [3.8, 4) is 0 Å². The van der Waals surface area contributed by atoms with Crippen molar-refractivity contribution < 1.29 is 25.9 Å². The Morgan fingerprint density at radius 3 is 2.33 bits per heavy atom. The zero-order valence-corrected chi connectivity index (χ0v) is 19.9. The highest BCUT2D eigenvalue weighted by atomic mass is 79.9. The van der Waals surface area contributed by atoms with E-state index in [0.717, 1.165) is 12.3 Å².